The van der Waals surface area contributed by atoms with E-state index in [0.29, 0.717) is 12.6 Å². The molecule has 1 aliphatic rings. The number of ether oxygens (including phenoxy) is 1. The second-order valence-electron chi connectivity index (χ2n) is 4.55. The van der Waals surface area contributed by atoms with Gasteiger partial charge >= 0.3 is 0 Å². The van der Waals surface area contributed by atoms with Crippen LogP contribution < -0.4 is 5.32 Å². The lowest BCUT2D eigenvalue weighted by atomic mass is 10.1. The van der Waals surface area contributed by atoms with Crippen LogP contribution in [0.2, 0.25) is 0 Å². The van der Waals surface area contributed by atoms with Crippen molar-refractivity contribution in [1.82, 2.24) is 5.32 Å². The highest BCUT2D eigenvalue weighted by Crippen LogP contribution is 2.17. The summed E-state index contributed by atoms with van der Waals surface area (Å²) in [6.45, 7) is 1.68. The number of hydrogen-bond acceptors (Lipinski definition) is 3. The van der Waals surface area contributed by atoms with Gasteiger partial charge in [-0.05, 0) is 29.7 Å². The van der Waals surface area contributed by atoms with Gasteiger partial charge in [-0.25, -0.2) is 0 Å². The zero-order valence-corrected chi connectivity index (χ0v) is 11.3. The molecule has 1 fully saturated rings. The fourth-order valence-electron chi connectivity index (χ4n) is 2.16. The first-order valence-corrected chi connectivity index (χ1v) is 7.42. The molecule has 94 valence electrons. The van der Waals surface area contributed by atoms with Crippen LogP contribution in [0.3, 0.4) is 0 Å². The van der Waals surface area contributed by atoms with Gasteiger partial charge in [-0.2, -0.15) is 11.8 Å². The van der Waals surface area contributed by atoms with Gasteiger partial charge in [0.15, 0.2) is 0 Å². The monoisotopic (exact) mass is 251 g/mol. The molecular formula is C14H21NOS. The number of rotatable bonds is 5. The fraction of sp³-hybridized carbons (Fsp3) is 0.571. The fourth-order valence-corrected chi connectivity index (χ4v) is 3.27. The van der Waals surface area contributed by atoms with Crippen LogP contribution in [0, 0.1) is 0 Å². The molecule has 3 heteroatoms. The van der Waals surface area contributed by atoms with Crippen LogP contribution in [0.5, 0.6) is 0 Å². The molecule has 1 heterocycles. The smallest absolute Gasteiger partial charge is 0.0713 e. The van der Waals surface area contributed by atoms with E-state index in [2.05, 4.69) is 41.3 Å². The quantitative estimate of drug-likeness (QED) is 0.869. The number of benzene rings is 1. The minimum absolute atomic E-state index is 0.694. The van der Waals surface area contributed by atoms with Crippen LogP contribution in [0.1, 0.15) is 24.0 Å². The highest BCUT2D eigenvalue weighted by molar-refractivity contribution is 7.99. The van der Waals surface area contributed by atoms with Crippen molar-refractivity contribution in [2.45, 2.75) is 32.0 Å². The summed E-state index contributed by atoms with van der Waals surface area (Å²) in [5, 5.41) is 3.65. The van der Waals surface area contributed by atoms with Crippen molar-refractivity contribution in [2.75, 3.05) is 18.6 Å². The number of thioether (sulfide) groups is 1. The first-order valence-electron chi connectivity index (χ1n) is 6.26. The first-order chi connectivity index (χ1) is 8.38. The maximum Gasteiger partial charge on any atom is 0.0713 e. The predicted octanol–water partition coefficient (Wildman–Crippen LogP) is 2.82. The van der Waals surface area contributed by atoms with E-state index in [0.717, 1.165) is 6.54 Å². The lowest BCUT2D eigenvalue weighted by Crippen LogP contribution is -2.33. The normalized spacial score (nSPS) is 20.4. The van der Waals surface area contributed by atoms with Crippen LogP contribution in [0.15, 0.2) is 24.3 Å². The van der Waals surface area contributed by atoms with Crippen molar-refractivity contribution in [3.63, 3.8) is 0 Å². The zero-order valence-electron chi connectivity index (χ0n) is 10.4. The Hall–Kier alpha value is -0.510. The van der Waals surface area contributed by atoms with Crippen molar-refractivity contribution in [1.29, 1.82) is 0 Å². The Bertz CT molecular complexity index is 337. The summed E-state index contributed by atoms with van der Waals surface area (Å²) < 4.78 is 5.15. The first kappa shape index (κ1) is 12.9. The molecule has 0 spiro atoms. The van der Waals surface area contributed by atoms with E-state index >= 15 is 0 Å². The molecule has 1 saturated heterocycles. The summed E-state index contributed by atoms with van der Waals surface area (Å²) >= 11 is 2.07. The molecule has 1 aliphatic heterocycles. The van der Waals surface area contributed by atoms with E-state index in [4.69, 9.17) is 4.74 Å². The molecule has 0 aliphatic carbocycles. The Balaban J connectivity index is 1.83. The van der Waals surface area contributed by atoms with Crippen LogP contribution in [-0.2, 0) is 17.9 Å². The van der Waals surface area contributed by atoms with Crippen molar-refractivity contribution in [3.8, 4) is 0 Å². The summed E-state index contributed by atoms with van der Waals surface area (Å²) in [5.41, 5.74) is 2.61. The molecule has 2 rings (SSSR count). The number of hydrogen-bond donors (Lipinski definition) is 1. The molecule has 1 unspecified atom stereocenters. The van der Waals surface area contributed by atoms with Crippen molar-refractivity contribution < 1.29 is 4.74 Å². The second kappa shape index (κ2) is 7.04. The standard InChI is InChI=1S/C14H21NOS/c1-16-10-13-5-2-4-12(8-13)9-15-14-6-3-7-17-11-14/h2,4-5,8,14-15H,3,6-7,9-11H2,1H3. The molecule has 2 nitrogen and oxygen atoms in total. The van der Waals surface area contributed by atoms with Gasteiger partial charge in [-0.1, -0.05) is 24.3 Å². The SMILES string of the molecule is COCc1cccc(CNC2CCCSC2)c1. The van der Waals surface area contributed by atoms with Gasteiger partial charge in [0.05, 0.1) is 6.61 Å². The van der Waals surface area contributed by atoms with Crippen LogP contribution in [0.4, 0.5) is 0 Å². The second-order valence-corrected chi connectivity index (χ2v) is 5.70. The Morgan fingerprint density at radius 1 is 1.41 bits per heavy atom. The summed E-state index contributed by atoms with van der Waals surface area (Å²) in [6.07, 6.45) is 2.68. The Morgan fingerprint density at radius 3 is 3.06 bits per heavy atom. The van der Waals surface area contributed by atoms with Gasteiger partial charge < -0.3 is 10.1 Å². The summed E-state index contributed by atoms with van der Waals surface area (Å²) in [4.78, 5) is 0. The van der Waals surface area contributed by atoms with Gasteiger partial charge in [0.1, 0.15) is 0 Å². The van der Waals surface area contributed by atoms with E-state index in [1.54, 1.807) is 7.11 Å². The highest BCUT2D eigenvalue weighted by atomic mass is 32.2. The third-order valence-corrected chi connectivity index (χ3v) is 4.27. The van der Waals surface area contributed by atoms with E-state index < -0.39 is 0 Å². The average molecular weight is 251 g/mol. The predicted molar refractivity (Wildman–Crippen MR) is 74.3 cm³/mol. The third kappa shape index (κ3) is 4.34. The van der Waals surface area contributed by atoms with E-state index in [-0.39, 0.29) is 0 Å². The largest absolute Gasteiger partial charge is 0.380 e. The lowest BCUT2D eigenvalue weighted by Gasteiger charge is -2.22. The van der Waals surface area contributed by atoms with Crippen LogP contribution in [0.25, 0.3) is 0 Å². The molecule has 17 heavy (non-hydrogen) atoms. The van der Waals surface area contributed by atoms with Crippen LogP contribution in [-0.4, -0.2) is 24.7 Å². The Labute approximate surface area is 108 Å². The van der Waals surface area contributed by atoms with Crippen molar-refractivity contribution in [3.05, 3.63) is 35.4 Å². The molecule has 1 N–H and O–H groups in total. The third-order valence-electron chi connectivity index (χ3n) is 3.06. The molecule has 0 saturated carbocycles. The number of methoxy groups -OCH3 is 1. The van der Waals surface area contributed by atoms with Crippen molar-refractivity contribution >= 4 is 11.8 Å². The van der Waals surface area contributed by atoms with E-state index in [1.807, 2.05) is 0 Å². The van der Waals surface area contributed by atoms with Gasteiger partial charge in [0, 0.05) is 25.4 Å². The Morgan fingerprint density at radius 2 is 2.29 bits per heavy atom. The summed E-state index contributed by atoms with van der Waals surface area (Å²) in [7, 11) is 1.74. The van der Waals surface area contributed by atoms with E-state index in [9.17, 15) is 0 Å². The maximum atomic E-state index is 5.15. The minimum atomic E-state index is 0.694. The molecule has 0 amide bonds. The summed E-state index contributed by atoms with van der Waals surface area (Å²) in [5.74, 6) is 2.60. The lowest BCUT2D eigenvalue weighted by molar-refractivity contribution is 0.185. The van der Waals surface area contributed by atoms with Crippen LogP contribution >= 0.6 is 11.8 Å². The topological polar surface area (TPSA) is 21.3 Å². The molecular weight excluding hydrogens is 230 g/mol. The van der Waals surface area contributed by atoms with Gasteiger partial charge in [0.2, 0.25) is 0 Å². The van der Waals surface area contributed by atoms with Gasteiger partial charge in [-0.15, -0.1) is 0 Å². The van der Waals surface area contributed by atoms with Gasteiger partial charge in [0.25, 0.3) is 0 Å². The number of nitrogens with one attached hydrogen (secondary N) is 1. The molecule has 0 bridgehead atoms. The van der Waals surface area contributed by atoms with Crippen molar-refractivity contribution in [2.24, 2.45) is 0 Å². The molecule has 0 aromatic heterocycles. The molecule has 1 atom stereocenters. The molecule has 1 aromatic rings. The Kier molecular flexibility index (Phi) is 5.36. The zero-order chi connectivity index (χ0) is 11.9. The highest BCUT2D eigenvalue weighted by Gasteiger charge is 2.12. The maximum absolute atomic E-state index is 5.15. The molecule has 0 radical (unpaired) electrons. The summed E-state index contributed by atoms with van der Waals surface area (Å²) in [6, 6.07) is 9.33. The molecule has 1 aromatic carbocycles. The average Bonchev–Trinajstić information content (AvgIpc) is 2.39. The van der Waals surface area contributed by atoms with E-state index in [1.165, 1.54) is 35.5 Å². The van der Waals surface area contributed by atoms with Gasteiger partial charge in [-0.3, -0.25) is 0 Å². The minimum Gasteiger partial charge on any atom is -0.380 e.